The minimum Gasteiger partial charge on any atom is -0.316 e. The summed E-state index contributed by atoms with van der Waals surface area (Å²) in [5.41, 5.74) is 1.09. The lowest BCUT2D eigenvalue weighted by molar-refractivity contribution is 0.263. The molecule has 0 amide bonds. The van der Waals surface area contributed by atoms with Crippen molar-refractivity contribution in [2.45, 2.75) is 30.7 Å². The molecule has 1 aliphatic rings. The van der Waals surface area contributed by atoms with Crippen molar-refractivity contribution in [2.75, 3.05) is 20.6 Å². The SMILES string of the molecule is CNCc1ccc(S(=O)(=O)N(C)CC2CCC2)cc1. The fourth-order valence-corrected chi connectivity index (χ4v) is 3.55. The van der Waals surface area contributed by atoms with Crippen molar-refractivity contribution < 1.29 is 8.42 Å². The molecule has 1 saturated carbocycles. The molecule has 0 aliphatic heterocycles. The van der Waals surface area contributed by atoms with Crippen LogP contribution >= 0.6 is 0 Å². The lowest BCUT2D eigenvalue weighted by Gasteiger charge is -2.29. The van der Waals surface area contributed by atoms with Gasteiger partial charge in [-0.1, -0.05) is 18.6 Å². The Labute approximate surface area is 115 Å². The summed E-state index contributed by atoms with van der Waals surface area (Å²) in [6, 6.07) is 7.11. The van der Waals surface area contributed by atoms with Gasteiger partial charge in [-0.25, -0.2) is 12.7 Å². The largest absolute Gasteiger partial charge is 0.316 e. The molecule has 0 unspecified atom stereocenters. The van der Waals surface area contributed by atoms with Crippen molar-refractivity contribution in [2.24, 2.45) is 5.92 Å². The Morgan fingerprint density at radius 1 is 1.26 bits per heavy atom. The summed E-state index contributed by atoms with van der Waals surface area (Å²) in [6.07, 6.45) is 3.54. The van der Waals surface area contributed by atoms with Crippen molar-refractivity contribution in [1.82, 2.24) is 9.62 Å². The Kier molecular flexibility index (Phi) is 4.60. The lowest BCUT2D eigenvalue weighted by atomic mass is 9.86. The maximum absolute atomic E-state index is 12.4. The highest BCUT2D eigenvalue weighted by Crippen LogP contribution is 2.28. The number of hydrogen-bond donors (Lipinski definition) is 1. The van der Waals surface area contributed by atoms with E-state index >= 15 is 0 Å². The third-order valence-electron chi connectivity index (χ3n) is 3.75. The van der Waals surface area contributed by atoms with Crippen LogP contribution in [-0.2, 0) is 16.6 Å². The molecule has 0 heterocycles. The van der Waals surface area contributed by atoms with E-state index < -0.39 is 10.0 Å². The Hall–Kier alpha value is -0.910. The Balaban J connectivity index is 2.08. The molecule has 1 aromatic carbocycles. The zero-order valence-corrected chi connectivity index (χ0v) is 12.4. The maximum atomic E-state index is 12.4. The van der Waals surface area contributed by atoms with Gasteiger partial charge in [-0.05, 0) is 43.5 Å². The Morgan fingerprint density at radius 2 is 1.89 bits per heavy atom. The average Bonchev–Trinajstić information content (AvgIpc) is 2.34. The average molecular weight is 282 g/mol. The molecule has 1 fully saturated rings. The van der Waals surface area contributed by atoms with Gasteiger partial charge < -0.3 is 5.32 Å². The fourth-order valence-electron chi connectivity index (χ4n) is 2.30. The summed E-state index contributed by atoms with van der Waals surface area (Å²) in [6.45, 7) is 1.39. The van der Waals surface area contributed by atoms with Gasteiger partial charge in [0.15, 0.2) is 0 Å². The third kappa shape index (κ3) is 3.35. The van der Waals surface area contributed by atoms with Gasteiger partial charge >= 0.3 is 0 Å². The van der Waals surface area contributed by atoms with Gasteiger partial charge in [0.2, 0.25) is 10.0 Å². The number of sulfonamides is 1. The van der Waals surface area contributed by atoms with E-state index in [4.69, 9.17) is 0 Å². The van der Waals surface area contributed by atoms with Gasteiger partial charge in [0, 0.05) is 20.1 Å². The molecule has 106 valence electrons. The summed E-state index contributed by atoms with van der Waals surface area (Å²) in [5.74, 6) is 0.545. The van der Waals surface area contributed by atoms with Crippen molar-refractivity contribution in [3.63, 3.8) is 0 Å². The van der Waals surface area contributed by atoms with E-state index in [1.807, 2.05) is 19.2 Å². The zero-order valence-electron chi connectivity index (χ0n) is 11.6. The summed E-state index contributed by atoms with van der Waals surface area (Å²) >= 11 is 0. The molecule has 0 aromatic heterocycles. The second kappa shape index (κ2) is 6.03. The van der Waals surface area contributed by atoms with Crippen LogP contribution in [0.3, 0.4) is 0 Å². The molecule has 1 aliphatic carbocycles. The van der Waals surface area contributed by atoms with Crippen LogP contribution in [0.4, 0.5) is 0 Å². The van der Waals surface area contributed by atoms with Crippen LogP contribution < -0.4 is 5.32 Å². The van der Waals surface area contributed by atoms with Gasteiger partial charge in [-0.2, -0.15) is 0 Å². The molecule has 1 aromatic rings. The van der Waals surface area contributed by atoms with Crippen LogP contribution in [0.15, 0.2) is 29.2 Å². The Bertz CT molecular complexity index is 507. The van der Waals surface area contributed by atoms with Crippen LogP contribution in [-0.4, -0.2) is 33.4 Å². The first kappa shape index (κ1) is 14.5. The van der Waals surface area contributed by atoms with E-state index in [0.717, 1.165) is 24.9 Å². The van der Waals surface area contributed by atoms with E-state index in [0.29, 0.717) is 17.4 Å². The highest BCUT2D eigenvalue weighted by atomic mass is 32.2. The molecule has 4 nitrogen and oxygen atoms in total. The van der Waals surface area contributed by atoms with E-state index in [9.17, 15) is 8.42 Å². The predicted octanol–water partition coefficient (Wildman–Crippen LogP) is 1.83. The molecule has 0 atom stereocenters. The van der Waals surface area contributed by atoms with E-state index in [1.165, 1.54) is 10.7 Å². The van der Waals surface area contributed by atoms with E-state index in [2.05, 4.69) is 5.32 Å². The van der Waals surface area contributed by atoms with Gasteiger partial charge in [-0.15, -0.1) is 0 Å². The van der Waals surface area contributed by atoms with Crippen LogP contribution in [0.1, 0.15) is 24.8 Å². The Morgan fingerprint density at radius 3 is 2.37 bits per heavy atom. The van der Waals surface area contributed by atoms with E-state index in [-0.39, 0.29) is 0 Å². The van der Waals surface area contributed by atoms with Gasteiger partial charge in [-0.3, -0.25) is 0 Å². The number of nitrogens with zero attached hydrogens (tertiary/aromatic N) is 1. The number of rotatable bonds is 6. The molecule has 1 N–H and O–H groups in total. The minimum atomic E-state index is -3.33. The van der Waals surface area contributed by atoms with Crippen LogP contribution in [0.5, 0.6) is 0 Å². The first-order valence-corrected chi connectivity index (χ1v) is 8.18. The van der Waals surface area contributed by atoms with Crippen molar-refractivity contribution in [1.29, 1.82) is 0 Å². The highest BCUT2D eigenvalue weighted by molar-refractivity contribution is 7.89. The molecule has 0 bridgehead atoms. The number of benzene rings is 1. The molecule has 2 rings (SSSR count). The molecule has 19 heavy (non-hydrogen) atoms. The summed E-state index contributed by atoms with van der Waals surface area (Å²) in [5, 5.41) is 3.05. The maximum Gasteiger partial charge on any atom is 0.242 e. The highest BCUT2D eigenvalue weighted by Gasteiger charge is 2.26. The fraction of sp³-hybridized carbons (Fsp3) is 0.571. The summed E-state index contributed by atoms with van der Waals surface area (Å²) in [4.78, 5) is 0.383. The normalized spacial score (nSPS) is 16.6. The van der Waals surface area contributed by atoms with Crippen molar-refractivity contribution in [3.8, 4) is 0 Å². The zero-order chi connectivity index (χ0) is 13.9. The second-order valence-corrected chi connectivity index (χ2v) is 7.30. The van der Waals surface area contributed by atoms with Crippen LogP contribution in [0.2, 0.25) is 0 Å². The molecule has 0 saturated heterocycles. The smallest absolute Gasteiger partial charge is 0.242 e. The number of nitrogens with one attached hydrogen (secondary N) is 1. The monoisotopic (exact) mass is 282 g/mol. The summed E-state index contributed by atoms with van der Waals surface area (Å²) in [7, 11) is 0.219. The molecule has 5 heteroatoms. The van der Waals surface area contributed by atoms with Crippen molar-refractivity contribution in [3.05, 3.63) is 29.8 Å². The topological polar surface area (TPSA) is 49.4 Å². The van der Waals surface area contributed by atoms with Gasteiger partial charge in [0.25, 0.3) is 0 Å². The van der Waals surface area contributed by atoms with E-state index in [1.54, 1.807) is 19.2 Å². The minimum absolute atomic E-state index is 0.383. The summed E-state index contributed by atoms with van der Waals surface area (Å²) < 4.78 is 26.3. The van der Waals surface area contributed by atoms with Gasteiger partial charge in [0.05, 0.1) is 4.90 Å². The number of hydrogen-bond acceptors (Lipinski definition) is 3. The van der Waals surface area contributed by atoms with Gasteiger partial charge in [0.1, 0.15) is 0 Å². The third-order valence-corrected chi connectivity index (χ3v) is 5.59. The predicted molar refractivity (Wildman–Crippen MR) is 76.4 cm³/mol. The van der Waals surface area contributed by atoms with Crippen molar-refractivity contribution >= 4 is 10.0 Å². The molecular weight excluding hydrogens is 260 g/mol. The molecule has 0 radical (unpaired) electrons. The first-order valence-electron chi connectivity index (χ1n) is 6.74. The second-order valence-electron chi connectivity index (χ2n) is 5.26. The molecular formula is C14H22N2O2S. The van der Waals surface area contributed by atoms with Crippen LogP contribution in [0, 0.1) is 5.92 Å². The first-order chi connectivity index (χ1) is 9.04. The quantitative estimate of drug-likeness (QED) is 0.866. The standard InChI is InChI=1S/C14H22N2O2S/c1-15-10-12-6-8-14(9-7-12)19(17,18)16(2)11-13-4-3-5-13/h6-9,13,15H,3-5,10-11H2,1-2H3. The van der Waals surface area contributed by atoms with Crippen LogP contribution in [0.25, 0.3) is 0 Å². The molecule has 0 spiro atoms. The lowest BCUT2D eigenvalue weighted by Crippen LogP contribution is -2.34.